The highest BCUT2D eigenvalue weighted by atomic mass is 16.2. The van der Waals surface area contributed by atoms with Crippen molar-refractivity contribution < 1.29 is 9.59 Å². The van der Waals surface area contributed by atoms with Crippen molar-refractivity contribution in [3.63, 3.8) is 0 Å². The first-order valence-electron chi connectivity index (χ1n) is 7.61. The Bertz CT molecular complexity index is 553. The lowest BCUT2D eigenvalue weighted by Crippen LogP contribution is -2.49. The fraction of sp³-hybridized carbons (Fsp3) is 0.529. The van der Waals surface area contributed by atoms with Crippen molar-refractivity contribution in [3.05, 3.63) is 23.8 Å². The maximum Gasteiger partial charge on any atom is 0.241 e. The van der Waals surface area contributed by atoms with E-state index in [1.54, 1.807) is 6.07 Å². The molecule has 2 amide bonds. The minimum atomic E-state index is -0.305. The zero-order valence-corrected chi connectivity index (χ0v) is 14.3. The highest BCUT2D eigenvalue weighted by Gasteiger charge is 2.22. The van der Waals surface area contributed by atoms with Crippen LogP contribution in [-0.4, -0.2) is 23.4 Å². The maximum atomic E-state index is 12.3. The van der Waals surface area contributed by atoms with Gasteiger partial charge in [0.25, 0.3) is 0 Å². The predicted molar refractivity (Wildman–Crippen MR) is 91.1 cm³/mol. The molecule has 1 atom stereocenters. The van der Waals surface area contributed by atoms with E-state index in [0.717, 1.165) is 12.0 Å². The summed E-state index contributed by atoms with van der Waals surface area (Å²) >= 11 is 0. The number of benzene rings is 1. The quantitative estimate of drug-likeness (QED) is 0.756. The molecule has 3 N–H and O–H groups in total. The van der Waals surface area contributed by atoms with Gasteiger partial charge in [0.1, 0.15) is 0 Å². The Hall–Kier alpha value is -1.88. The highest BCUT2D eigenvalue weighted by molar-refractivity contribution is 5.96. The van der Waals surface area contributed by atoms with Crippen molar-refractivity contribution in [2.45, 2.75) is 59.5 Å². The molecule has 0 aliphatic heterocycles. The van der Waals surface area contributed by atoms with Crippen molar-refractivity contribution >= 4 is 23.2 Å². The van der Waals surface area contributed by atoms with Gasteiger partial charge in [-0.1, -0.05) is 13.0 Å². The third-order valence-electron chi connectivity index (χ3n) is 3.70. The average molecular weight is 305 g/mol. The van der Waals surface area contributed by atoms with E-state index in [1.165, 1.54) is 6.92 Å². The lowest BCUT2D eigenvalue weighted by molar-refractivity contribution is -0.118. The molecule has 0 bridgehead atoms. The van der Waals surface area contributed by atoms with E-state index >= 15 is 0 Å². The first-order valence-corrected chi connectivity index (χ1v) is 7.61. The molecule has 122 valence electrons. The number of carbonyl (C=O) groups is 2. The Balaban J connectivity index is 2.78. The average Bonchev–Trinajstić information content (AvgIpc) is 2.41. The van der Waals surface area contributed by atoms with Crippen LogP contribution < -0.4 is 16.0 Å². The van der Waals surface area contributed by atoms with Gasteiger partial charge in [0.05, 0.1) is 6.04 Å². The molecular formula is C17H27N3O2. The van der Waals surface area contributed by atoms with Crippen LogP contribution in [0.5, 0.6) is 0 Å². The zero-order valence-electron chi connectivity index (χ0n) is 14.3. The molecule has 0 radical (unpaired) electrons. The number of aryl methyl sites for hydroxylation is 1. The first-order chi connectivity index (χ1) is 10.1. The van der Waals surface area contributed by atoms with Gasteiger partial charge < -0.3 is 16.0 Å². The van der Waals surface area contributed by atoms with Crippen LogP contribution in [0.4, 0.5) is 11.4 Å². The molecule has 0 aliphatic carbocycles. The van der Waals surface area contributed by atoms with Gasteiger partial charge in [0.15, 0.2) is 0 Å². The van der Waals surface area contributed by atoms with Gasteiger partial charge in [-0.25, -0.2) is 0 Å². The van der Waals surface area contributed by atoms with Gasteiger partial charge in [-0.05, 0) is 51.8 Å². The fourth-order valence-corrected chi connectivity index (χ4v) is 2.03. The van der Waals surface area contributed by atoms with Gasteiger partial charge in [-0.2, -0.15) is 0 Å². The summed E-state index contributed by atoms with van der Waals surface area (Å²) in [6.07, 6.45) is 0.932. The van der Waals surface area contributed by atoms with Crippen LogP contribution in [0.3, 0.4) is 0 Å². The Kier molecular flexibility index (Phi) is 6.11. The summed E-state index contributed by atoms with van der Waals surface area (Å²) in [7, 11) is 0. The van der Waals surface area contributed by atoms with Crippen LogP contribution in [-0.2, 0) is 9.59 Å². The van der Waals surface area contributed by atoms with Crippen LogP contribution >= 0.6 is 0 Å². The molecule has 0 heterocycles. The van der Waals surface area contributed by atoms with Gasteiger partial charge >= 0.3 is 0 Å². The van der Waals surface area contributed by atoms with Gasteiger partial charge in [0.2, 0.25) is 11.8 Å². The molecule has 0 aliphatic rings. The number of hydrogen-bond acceptors (Lipinski definition) is 3. The largest absolute Gasteiger partial charge is 0.326 e. The number of hydrogen-bond donors (Lipinski definition) is 3. The Labute approximate surface area is 132 Å². The second-order valence-electron chi connectivity index (χ2n) is 6.30. The maximum absolute atomic E-state index is 12.3. The van der Waals surface area contributed by atoms with Gasteiger partial charge in [-0.3, -0.25) is 9.59 Å². The van der Waals surface area contributed by atoms with Crippen molar-refractivity contribution in [2.75, 3.05) is 10.6 Å². The van der Waals surface area contributed by atoms with Crippen molar-refractivity contribution in [3.8, 4) is 0 Å². The SMILES string of the molecule is CCC(C)(C)N[C@@H](C)C(=O)Nc1ccc(C)c(NC(C)=O)c1. The molecule has 5 nitrogen and oxygen atoms in total. The van der Waals surface area contributed by atoms with E-state index in [-0.39, 0.29) is 23.4 Å². The summed E-state index contributed by atoms with van der Waals surface area (Å²) in [6.45, 7) is 11.4. The molecule has 0 spiro atoms. The lowest BCUT2D eigenvalue weighted by Gasteiger charge is -2.28. The molecule has 0 saturated heterocycles. The summed E-state index contributed by atoms with van der Waals surface area (Å²) in [5.41, 5.74) is 2.24. The van der Waals surface area contributed by atoms with Gasteiger partial charge in [-0.15, -0.1) is 0 Å². The minimum absolute atomic E-state index is 0.0919. The molecule has 0 saturated carbocycles. The number of anilines is 2. The summed E-state index contributed by atoms with van der Waals surface area (Å²) in [4.78, 5) is 23.5. The molecule has 1 aromatic carbocycles. The monoisotopic (exact) mass is 305 g/mol. The molecular weight excluding hydrogens is 278 g/mol. The molecule has 1 rings (SSSR count). The minimum Gasteiger partial charge on any atom is -0.326 e. The molecule has 0 unspecified atom stereocenters. The number of amides is 2. The third kappa shape index (κ3) is 5.48. The number of nitrogens with one attached hydrogen (secondary N) is 3. The van der Waals surface area contributed by atoms with E-state index in [1.807, 2.05) is 26.0 Å². The molecule has 22 heavy (non-hydrogen) atoms. The van der Waals surface area contributed by atoms with Crippen molar-refractivity contribution in [1.82, 2.24) is 5.32 Å². The summed E-state index contributed by atoms with van der Waals surface area (Å²) in [5, 5.41) is 8.94. The number of carbonyl (C=O) groups excluding carboxylic acids is 2. The standard InChI is InChI=1S/C17H27N3O2/c1-7-17(5,6)20-12(3)16(22)19-14-9-8-11(2)15(10-14)18-13(4)21/h8-10,12,20H,7H2,1-6H3,(H,18,21)(H,19,22)/t12-/m0/s1. The Morgan fingerprint density at radius 3 is 2.41 bits per heavy atom. The lowest BCUT2D eigenvalue weighted by atomic mass is 10.0. The van der Waals surface area contributed by atoms with E-state index in [9.17, 15) is 9.59 Å². The van der Waals surface area contributed by atoms with Crippen molar-refractivity contribution in [2.24, 2.45) is 0 Å². The van der Waals surface area contributed by atoms with E-state index in [0.29, 0.717) is 11.4 Å². The first kappa shape index (κ1) is 18.2. The zero-order chi connectivity index (χ0) is 16.9. The summed E-state index contributed by atoms with van der Waals surface area (Å²) in [6, 6.07) is 5.16. The van der Waals surface area contributed by atoms with Crippen LogP contribution in [0.15, 0.2) is 18.2 Å². The Morgan fingerprint density at radius 1 is 1.23 bits per heavy atom. The summed E-state index contributed by atoms with van der Waals surface area (Å²) < 4.78 is 0. The van der Waals surface area contributed by atoms with Crippen LogP contribution in [0, 0.1) is 6.92 Å². The number of rotatable bonds is 6. The Morgan fingerprint density at radius 2 is 1.86 bits per heavy atom. The molecule has 0 fully saturated rings. The molecule has 0 aromatic heterocycles. The third-order valence-corrected chi connectivity index (χ3v) is 3.70. The second kappa shape index (κ2) is 7.40. The summed E-state index contributed by atoms with van der Waals surface area (Å²) in [5.74, 6) is -0.231. The van der Waals surface area contributed by atoms with Crippen LogP contribution in [0.2, 0.25) is 0 Å². The van der Waals surface area contributed by atoms with E-state index in [2.05, 4.69) is 36.7 Å². The van der Waals surface area contributed by atoms with Gasteiger partial charge in [0, 0.05) is 23.8 Å². The molecule has 1 aromatic rings. The fourth-order valence-electron chi connectivity index (χ4n) is 2.03. The van der Waals surface area contributed by atoms with E-state index < -0.39 is 0 Å². The van der Waals surface area contributed by atoms with E-state index in [4.69, 9.17) is 0 Å². The van der Waals surface area contributed by atoms with Crippen LogP contribution in [0.1, 0.15) is 46.6 Å². The smallest absolute Gasteiger partial charge is 0.241 e. The van der Waals surface area contributed by atoms with Crippen LogP contribution in [0.25, 0.3) is 0 Å². The normalized spacial score (nSPS) is 12.6. The predicted octanol–water partition coefficient (Wildman–Crippen LogP) is 3.06. The molecule has 5 heteroatoms. The van der Waals surface area contributed by atoms with Crippen molar-refractivity contribution in [1.29, 1.82) is 0 Å². The second-order valence-corrected chi connectivity index (χ2v) is 6.30. The topological polar surface area (TPSA) is 70.2 Å². The highest BCUT2D eigenvalue weighted by Crippen LogP contribution is 2.20.